The third kappa shape index (κ3) is 5.02. The molecule has 2 aromatic heterocycles. The van der Waals surface area contributed by atoms with Crippen LogP contribution in [0, 0.1) is 0 Å². The van der Waals surface area contributed by atoms with Gasteiger partial charge in [0.05, 0.1) is 16.7 Å². The summed E-state index contributed by atoms with van der Waals surface area (Å²) in [4.78, 5) is 2.33. The van der Waals surface area contributed by atoms with Crippen LogP contribution in [0.3, 0.4) is 0 Å². The molecule has 1 aliphatic rings. The minimum atomic E-state index is 0.838. The molecule has 0 unspecified atom stereocenters. The molecule has 0 aliphatic carbocycles. The third-order valence-electron chi connectivity index (χ3n) is 11.6. The van der Waals surface area contributed by atoms with Gasteiger partial charge < -0.3 is 18.6 Å². The van der Waals surface area contributed by atoms with E-state index in [4.69, 9.17) is 9.15 Å². The van der Waals surface area contributed by atoms with Gasteiger partial charge in [-0.1, -0.05) is 127 Å². The molecule has 0 saturated heterocycles. The molecule has 0 bridgehead atoms. The number of furan rings is 1. The molecule has 4 nitrogen and oxygen atoms in total. The van der Waals surface area contributed by atoms with Gasteiger partial charge in [-0.2, -0.15) is 0 Å². The van der Waals surface area contributed by atoms with Gasteiger partial charge in [0.25, 0.3) is 0 Å². The van der Waals surface area contributed by atoms with E-state index in [-0.39, 0.29) is 0 Å². The summed E-state index contributed by atoms with van der Waals surface area (Å²) in [5, 5.41) is 4.65. The standard InChI is InChI=1S/C54H34N2O2/c1-2-13-37(14-3-1)56-48-20-8-4-15-41(48)47-33-36(27-32-49(47)56)35-25-28-38(29-26-35)55(50-21-12-19-45-43-17-6-11-24-53(43)58-54(45)50)39-30-31-40-42-16-5-9-22-51(42)57-52-23-10-7-18-44(52)46(40)34-39/h1-34H. The van der Waals surface area contributed by atoms with E-state index in [0.717, 1.165) is 84.0 Å². The summed E-state index contributed by atoms with van der Waals surface area (Å²) in [6, 6.07) is 73.1. The van der Waals surface area contributed by atoms with Crippen molar-refractivity contribution in [3.8, 4) is 50.6 Å². The molecule has 0 atom stereocenters. The fourth-order valence-electron chi connectivity index (χ4n) is 8.95. The lowest BCUT2D eigenvalue weighted by molar-refractivity contribution is 0.488. The first kappa shape index (κ1) is 32.4. The first-order chi connectivity index (χ1) is 28.8. The molecule has 11 aromatic rings. The number of aromatic nitrogens is 1. The molecule has 0 fully saturated rings. The second-order valence-electron chi connectivity index (χ2n) is 14.9. The highest BCUT2D eigenvalue weighted by Gasteiger charge is 2.25. The SMILES string of the molecule is c1ccc(-n2c3ccccc3c3cc(-c4ccc(N(c5ccc6c(c5)-c5ccccc5Oc5ccccc5-6)c5cccc6c5oc5ccccc56)cc4)ccc32)cc1. The van der Waals surface area contributed by atoms with Gasteiger partial charge in [-0.15, -0.1) is 0 Å². The van der Waals surface area contributed by atoms with Crippen LogP contribution in [0.25, 0.3) is 82.8 Å². The van der Waals surface area contributed by atoms with Crippen LogP contribution in [0.15, 0.2) is 211 Å². The van der Waals surface area contributed by atoms with Crippen molar-refractivity contribution in [2.45, 2.75) is 0 Å². The van der Waals surface area contributed by atoms with E-state index in [9.17, 15) is 0 Å². The van der Waals surface area contributed by atoms with Crippen molar-refractivity contribution in [3.05, 3.63) is 206 Å². The van der Waals surface area contributed by atoms with Crippen molar-refractivity contribution >= 4 is 60.8 Å². The lowest BCUT2D eigenvalue weighted by Gasteiger charge is -2.27. The Morgan fingerprint density at radius 2 is 1.02 bits per heavy atom. The van der Waals surface area contributed by atoms with E-state index < -0.39 is 0 Å². The normalized spacial score (nSPS) is 11.9. The van der Waals surface area contributed by atoms with E-state index in [1.807, 2.05) is 30.3 Å². The number of rotatable bonds is 5. The average molecular weight is 743 g/mol. The van der Waals surface area contributed by atoms with Gasteiger partial charge in [0.1, 0.15) is 17.1 Å². The molecule has 0 spiro atoms. The van der Waals surface area contributed by atoms with Gasteiger partial charge in [0, 0.05) is 49.7 Å². The number of anilines is 3. The van der Waals surface area contributed by atoms with E-state index in [1.165, 1.54) is 27.4 Å². The Hall–Kier alpha value is -7.82. The Morgan fingerprint density at radius 3 is 1.84 bits per heavy atom. The Labute approximate surface area is 335 Å². The summed E-state index contributed by atoms with van der Waals surface area (Å²) in [6.45, 7) is 0. The monoisotopic (exact) mass is 742 g/mol. The maximum Gasteiger partial charge on any atom is 0.159 e. The van der Waals surface area contributed by atoms with Gasteiger partial charge >= 0.3 is 0 Å². The highest BCUT2D eigenvalue weighted by atomic mass is 16.5. The highest BCUT2D eigenvalue weighted by Crippen LogP contribution is 2.50. The quantitative estimate of drug-likeness (QED) is 0.176. The van der Waals surface area contributed by atoms with Crippen molar-refractivity contribution < 1.29 is 9.15 Å². The molecular formula is C54H34N2O2. The molecular weight excluding hydrogens is 709 g/mol. The zero-order chi connectivity index (χ0) is 38.2. The van der Waals surface area contributed by atoms with Gasteiger partial charge in [0.15, 0.2) is 5.58 Å². The van der Waals surface area contributed by atoms with Crippen LogP contribution in [0.4, 0.5) is 17.1 Å². The number of ether oxygens (including phenoxy) is 1. The van der Waals surface area contributed by atoms with Crippen LogP contribution in [0.2, 0.25) is 0 Å². The second-order valence-corrected chi connectivity index (χ2v) is 14.9. The average Bonchev–Trinajstić information content (AvgIpc) is 3.79. The molecule has 58 heavy (non-hydrogen) atoms. The summed E-state index contributed by atoms with van der Waals surface area (Å²) in [6.07, 6.45) is 0. The van der Waals surface area contributed by atoms with Crippen LogP contribution in [0.5, 0.6) is 11.5 Å². The van der Waals surface area contributed by atoms with Crippen LogP contribution < -0.4 is 9.64 Å². The molecule has 1 aliphatic heterocycles. The van der Waals surface area contributed by atoms with E-state index in [1.54, 1.807) is 0 Å². The molecule has 0 N–H and O–H groups in total. The van der Waals surface area contributed by atoms with E-state index >= 15 is 0 Å². The molecule has 272 valence electrons. The van der Waals surface area contributed by atoms with Gasteiger partial charge in [-0.25, -0.2) is 0 Å². The van der Waals surface area contributed by atoms with Gasteiger partial charge in [-0.05, 0) is 101 Å². The highest BCUT2D eigenvalue weighted by molar-refractivity contribution is 6.12. The summed E-state index contributed by atoms with van der Waals surface area (Å²) in [5.41, 5.74) is 14.9. The molecule has 0 radical (unpaired) electrons. The predicted molar refractivity (Wildman–Crippen MR) is 239 cm³/mol. The fraction of sp³-hybridized carbons (Fsp3) is 0. The number of para-hydroxylation sites is 6. The van der Waals surface area contributed by atoms with Crippen molar-refractivity contribution in [2.75, 3.05) is 4.90 Å². The topological polar surface area (TPSA) is 30.5 Å². The lowest BCUT2D eigenvalue weighted by atomic mass is 9.93. The van der Waals surface area contributed by atoms with Crippen LogP contribution in [0.1, 0.15) is 0 Å². The Morgan fingerprint density at radius 1 is 0.379 bits per heavy atom. The van der Waals surface area contributed by atoms with E-state index in [2.05, 4.69) is 185 Å². The number of hydrogen-bond acceptors (Lipinski definition) is 3. The molecule has 9 aromatic carbocycles. The van der Waals surface area contributed by atoms with Crippen molar-refractivity contribution in [1.82, 2.24) is 4.57 Å². The molecule has 4 heteroatoms. The summed E-state index contributed by atoms with van der Waals surface area (Å²) < 4.78 is 15.6. The third-order valence-corrected chi connectivity index (χ3v) is 11.6. The first-order valence-electron chi connectivity index (χ1n) is 19.7. The zero-order valence-corrected chi connectivity index (χ0v) is 31.3. The Kier molecular flexibility index (Phi) is 7.20. The fourth-order valence-corrected chi connectivity index (χ4v) is 8.95. The van der Waals surface area contributed by atoms with Crippen LogP contribution in [-0.4, -0.2) is 4.57 Å². The summed E-state index contributed by atoms with van der Waals surface area (Å²) in [7, 11) is 0. The van der Waals surface area contributed by atoms with Crippen molar-refractivity contribution in [2.24, 2.45) is 0 Å². The number of nitrogens with zero attached hydrogens (tertiary/aromatic N) is 2. The zero-order valence-electron chi connectivity index (χ0n) is 31.3. The molecule has 0 amide bonds. The molecule has 3 heterocycles. The smallest absolute Gasteiger partial charge is 0.159 e. The number of fused-ring (bicyclic) bond motifs is 11. The lowest BCUT2D eigenvalue weighted by Crippen LogP contribution is -2.10. The van der Waals surface area contributed by atoms with Gasteiger partial charge in [0.2, 0.25) is 0 Å². The molecule has 0 saturated carbocycles. The summed E-state index contributed by atoms with van der Waals surface area (Å²) >= 11 is 0. The minimum absolute atomic E-state index is 0.838. The number of benzene rings is 9. The number of hydrogen-bond donors (Lipinski definition) is 0. The maximum atomic E-state index is 6.68. The molecule has 12 rings (SSSR count). The van der Waals surface area contributed by atoms with E-state index in [0.29, 0.717) is 0 Å². The van der Waals surface area contributed by atoms with Crippen molar-refractivity contribution in [1.29, 1.82) is 0 Å². The Balaban J connectivity index is 1.03. The summed E-state index contributed by atoms with van der Waals surface area (Å²) in [5.74, 6) is 1.69. The minimum Gasteiger partial charge on any atom is -0.456 e. The van der Waals surface area contributed by atoms with Crippen LogP contribution in [-0.2, 0) is 0 Å². The van der Waals surface area contributed by atoms with Crippen molar-refractivity contribution in [3.63, 3.8) is 0 Å². The van der Waals surface area contributed by atoms with Gasteiger partial charge in [-0.3, -0.25) is 0 Å². The van der Waals surface area contributed by atoms with Crippen LogP contribution >= 0.6 is 0 Å². The largest absolute Gasteiger partial charge is 0.456 e. The Bertz CT molecular complexity index is 3380. The second kappa shape index (κ2) is 12.9. The first-order valence-corrected chi connectivity index (χ1v) is 19.7. The predicted octanol–water partition coefficient (Wildman–Crippen LogP) is 15.3. The maximum absolute atomic E-state index is 6.68.